The van der Waals surface area contributed by atoms with Crippen LogP contribution in [0.25, 0.3) is 0 Å². The maximum absolute atomic E-state index is 12.6. The van der Waals surface area contributed by atoms with Crippen LogP contribution in [0.3, 0.4) is 0 Å². The van der Waals surface area contributed by atoms with E-state index in [1.54, 1.807) is 35.8 Å². The maximum atomic E-state index is 12.6. The Bertz CT molecular complexity index is 791. The van der Waals surface area contributed by atoms with Crippen LogP contribution in [0.5, 0.6) is 5.75 Å². The summed E-state index contributed by atoms with van der Waals surface area (Å²) >= 11 is 0. The molecule has 3 rings (SSSR count). The number of aromatic nitrogens is 1. The van der Waals surface area contributed by atoms with Gasteiger partial charge in [-0.15, -0.1) is 0 Å². The number of pyridine rings is 1. The van der Waals surface area contributed by atoms with Crippen LogP contribution in [0.4, 0.5) is 0 Å². The first-order valence-electron chi connectivity index (χ1n) is 6.77. The molecular weight excluding hydrogens is 270 g/mol. The highest BCUT2D eigenvalue weighted by atomic mass is 16.5. The molecule has 1 aliphatic heterocycles. The second-order valence-corrected chi connectivity index (χ2v) is 5.01. The Balaban J connectivity index is 2.24. The van der Waals surface area contributed by atoms with Crippen molar-refractivity contribution in [2.24, 2.45) is 0 Å². The lowest BCUT2D eigenvalue weighted by molar-refractivity contribution is 0.0450. The summed E-state index contributed by atoms with van der Waals surface area (Å²) in [6.07, 6.45) is -0.848. The quantitative estimate of drug-likeness (QED) is 0.858. The minimum atomic E-state index is -0.848. The van der Waals surface area contributed by atoms with Crippen LogP contribution >= 0.6 is 0 Å². The van der Waals surface area contributed by atoms with E-state index in [1.807, 2.05) is 6.92 Å². The molecule has 21 heavy (non-hydrogen) atoms. The molecule has 1 N–H and O–H groups in total. The first kappa shape index (κ1) is 13.4. The molecule has 1 aromatic heterocycles. The van der Waals surface area contributed by atoms with E-state index in [1.165, 1.54) is 6.07 Å². The fourth-order valence-corrected chi connectivity index (χ4v) is 2.77. The molecule has 2 aromatic rings. The predicted molar refractivity (Wildman–Crippen MR) is 76.5 cm³/mol. The number of nitrogens with zero attached hydrogens (tertiary/aromatic N) is 1. The topological polar surface area (TPSA) is 68.5 Å². The normalized spacial score (nSPS) is 16.7. The number of aromatic hydroxyl groups is 1. The lowest BCUT2D eigenvalue weighted by Crippen LogP contribution is -2.27. The summed E-state index contributed by atoms with van der Waals surface area (Å²) in [6.45, 7) is 4.09. The summed E-state index contributed by atoms with van der Waals surface area (Å²) < 4.78 is 6.85. The van der Waals surface area contributed by atoms with Crippen LogP contribution in [0.15, 0.2) is 35.1 Å². The van der Waals surface area contributed by atoms with Crippen molar-refractivity contribution in [1.82, 2.24) is 4.57 Å². The van der Waals surface area contributed by atoms with Gasteiger partial charge in [0.2, 0.25) is 0 Å². The Morgan fingerprint density at radius 2 is 2.00 bits per heavy atom. The third-order valence-electron chi connectivity index (χ3n) is 3.79. The molecule has 5 heteroatoms. The van der Waals surface area contributed by atoms with E-state index in [0.717, 1.165) is 0 Å². The van der Waals surface area contributed by atoms with Gasteiger partial charge in [-0.25, -0.2) is 4.79 Å². The highest BCUT2D eigenvalue weighted by Gasteiger charge is 2.35. The summed E-state index contributed by atoms with van der Waals surface area (Å²) in [7, 11) is 0. The Hall–Kier alpha value is -2.56. The fourth-order valence-electron chi connectivity index (χ4n) is 2.77. The fraction of sp³-hybridized carbons (Fsp3) is 0.250. The Morgan fingerprint density at radius 1 is 1.29 bits per heavy atom. The van der Waals surface area contributed by atoms with Crippen LogP contribution in [-0.4, -0.2) is 15.6 Å². The van der Waals surface area contributed by atoms with Gasteiger partial charge >= 0.3 is 5.97 Å². The number of carbonyl (C=O) groups excluding carboxylic acids is 1. The van der Waals surface area contributed by atoms with Crippen LogP contribution in [-0.2, 0) is 11.3 Å². The summed E-state index contributed by atoms with van der Waals surface area (Å²) in [5.41, 5.74) is 1.50. The molecule has 0 amide bonds. The highest BCUT2D eigenvalue weighted by Crippen LogP contribution is 2.37. The molecule has 0 aliphatic carbocycles. The van der Waals surface area contributed by atoms with Crippen molar-refractivity contribution >= 4 is 5.97 Å². The van der Waals surface area contributed by atoms with Crippen molar-refractivity contribution in [1.29, 1.82) is 0 Å². The van der Waals surface area contributed by atoms with Gasteiger partial charge in [0, 0.05) is 17.8 Å². The van der Waals surface area contributed by atoms with E-state index < -0.39 is 12.1 Å². The third-order valence-corrected chi connectivity index (χ3v) is 3.79. The molecule has 0 saturated carbocycles. The number of esters is 1. The van der Waals surface area contributed by atoms with Gasteiger partial charge in [0.1, 0.15) is 11.3 Å². The van der Waals surface area contributed by atoms with E-state index >= 15 is 0 Å². The van der Waals surface area contributed by atoms with Gasteiger partial charge in [-0.05, 0) is 26.0 Å². The maximum Gasteiger partial charge on any atom is 0.339 e. The number of ether oxygens (including phenoxy) is 1. The summed E-state index contributed by atoms with van der Waals surface area (Å²) in [4.78, 5) is 24.4. The van der Waals surface area contributed by atoms with Gasteiger partial charge in [0.25, 0.3) is 5.56 Å². The monoisotopic (exact) mass is 285 g/mol. The van der Waals surface area contributed by atoms with Gasteiger partial charge in [-0.2, -0.15) is 0 Å². The molecule has 0 unspecified atom stereocenters. The van der Waals surface area contributed by atoms with E-state index in [9.17, 15) is 14.7 Å². The molecule has 0 radical (unpaired) electrons. The van der Waals surface area contributed by atoms with Crippen molar-refractivity contribution < 1.29 is 14.6 Å². The molecule has 5 nitrogen and oxygen atoms in total. The zero-order chi connectivity index (χ0) is 15.1. The molecule has 1 aromatic carbocycles. The smallest absolute Gasteiger partial charge is 0.339 e. The number of carbonyl (C=O) groups is 1. The summed E-state index contributed by atoms with van der Waals surface area (Å²) in [5.74, 6) is -0.616. The van der Waals surface area contributed by atoms with Gasteiger partial charge in [0.05, 0.1) is 5.56 Å². The van der Waals surface area contributed by atoms with Crippen molar-refractivity contribution in [2.45, 2.75) is 26.5 Å². The average Bonchev–Trinajstić information content (AvgIpc) is 2.77. The SMILES string of the molecule is CCn1c(C)cc(O)c([C@H]2OC(=O)c3ccccc32)c1=O. The lowest BCUT2D eigenvalue weighted by atomic mass is 9.99. The molecule has 1 atom stereocenters. The predicted octanol–water partition coefficient (Wildman–Crippen LogP) is 2.14. The van der Waals surface area contributed by atoms with Crippen molar-refractivity contribution in [2.75, 3.05) is 0 Å². The number of hydrogen-bond acceptors (Lipinski definition) is 4. The second-order valence-electron chi connectivity index (χ2n) is 5.01. The van der Waals surface area contributed by atoms with E-state index in [0.29, 0.717) is 23.4 Å². The standard InChI is InChI=1S/C16H15NO4/c1-3-17-9(2)8-12(18)13(15(17)19)14-10-6-4-5-7-11(10)16(20)21-14/h4-8,14,18H,3H2,1-2H3/t14-/m0/s1. The number of fused-ring (bicyclic) bond motifs is 1. The first-order chi connectivity index (χ1) is 10.0. The van der Waals surface area contributed by atoms with E-state index in [4.69, 9.17) is 4.74 Å². The Labute approximate surface area is 121 Å². The van der Waals surface area contributed by atoms with Gasteiger partial charge in [0.15, 0.2) is 6.10 Å². The second kappa shape index (κ2) is 4.77. The third kappa shape index (κ3) is 1.93. The molecule has 0 spiro atoms. The Morgan fingerprint density at radius 3 is 2.71 bits per heavy atom. The molecule has 0 fully saturated rings. The highest BCUT2D eigenvalue weighted by molar-refractivity contribution is 5.94. The number of rotatable bonds is 2. The molecule has 0 bridgehead atoms. The van der Waals surface area contributed by atoms with Crippen LogP contribution < -0.4 is 5.56 Å². The van der Waals surface area contributed by atoms with E-state index in [-0.39, 0.29) is 16.9 Å². The number of benzene rings is 1. The van der Waals surface area contributed by atoms with Gasteiger partial charge in [-0.1, -0.05) is 18.2 Å². The summed E-state index contributed by atoms with van der Waals surface area (Å²) in [5, 5.41) is 10.2. The molecular formula is C16H15NO4. The van der Waals surface area contributed by atoms with Crippen LogP contribution in [0.2, 0.25) is 0 Å². The average molecular weight is 285 g/mol. The zero-order valence-corrected chi connectivity index (χ0v) is 11.8. The lowest BCUT2D eigenvalue weighted by Gasteiger charge is -2.16. The van der Waals surface area contributed by atoms with Crippen molar-refractivity contribution in [3.8, 4) is 5.75 Å². The molecule has 108 valence electrons. The molecule has 2 heterocycles. The molecule has 1 aliphatic rings. The minimum Gasteiger partial charge on any atom is -0.507 e. The van der Waals surface area contributed by atoms with Crippen LogP contribution in [0, 0.1) is 6.92 Å². The van der Waals surface area contributed by atoms with Gasteiger partial charge in [-0.3, -0.25) is 4.79 Å². The van der Waals surface area contributed by atoms with Crippen LogP contribution in [0.1, 0.15) is 40.2 Å². The van der Waals surface area contributed by atoms with E-state index in [2.05, 4.69) is 0 Å². The first-order valence-corrected chi connectivity index (χ1v) is 6.77. The van der Waals surface area contributed by atoms with Gasteiger partial charge < -0.3 is 14.4 Å². The largest absolute Gasteiger partial charge is 0.507 e. The molecule has 0 saturated heterocycles. The number of cyclic esters (lactones) is 1. The summed E-state index contributed by atoms with van der Waals surface area (Å²) in [6, 6.07) is 8.43. The van der Waals surface area contributed by atoms with Crippen molar-refractivity contribution in [3.63, 3.8) is 0 Å². The number of aryl methyl sites for hydroxylation is 1. The number of hydrogen-bond donors (Lipinski definition) is 1. The van der Waals surface area contributed by atoms with Crippen molar-refractivity contribution in [3.05, 3.63) is 63.1 Å². The Kier molecular flexibility index (Phi) is 3.05. The zero-order valence-electron chi connectivity index (χ0n) is 11.8. The minimum absolute atomic E-state index is 0.112.